The Kier molecular flexibility index (Phi) is 4.38. The van der Waals surface area contributed by atoms with Crippen molar-refractivity contribution in [3.8, 4) is 0 Å². The van der Waals surface area contributed by atoms with Crippen molar-refractivity contribution in [2.45, 2.75) is 25.8 Å². The van der Waals surface area contributed by atoms with Crippen LogP contribution in [0.5, 0.6) is 0 Å². The quantitative estimate of drug-likeness (QED) is 0.865. The first-order chi connectivity index (χ1) is 7.75. The molecule has 3 heteroatoms. The lowest BCUT2D eigenvalue weighted by atomic mass is 9.94. The van der Waals surface area contributed by atoms with E-state index in [1.54, 1.807) is 0 Å². The van der Waals surface area contributed by atoms with Crippen LogP contribution in [0.2, 0.25) is 0 Å². The second kappa shape index (κ2) is 5.80. The molecule has 1 saturated heterocycles. The Morgan fingerprint density at radius 1 is 1.56 bits per heavy atom. The molecule has 90 valence electrons. The molecule has 0 spiro atoms. The van der Waals surface area contributed by atoms with Crippen molar-refractivity contribution in [2.75, 3.05) is 26.7 Å². The van der Waals surface area contributed by atoms with E-state index in [2.05, 4.69) is 41.7 Å². The minimum absolute atomic E-state index is 0.719. The van der Waals surface area contributed by atoms with E-state index in [9.17, 15) is 0 Å². The van der Waals surface area contributed by atoms with Crippen molar-refractivity contribution in [1.82, 2.24) is 10.2 Å². The van der Waals surface area contributed by atoms with Gasteiger partial charge in [0, 0.05) is 24.0 Å². The van der Waals surface area contributed by atoms with E-state index in [1.807, 2.05) is 11.3 Å². The summed E-state index contributed by atoms with van der Waals surface area (Å²) in [4.78, 5) is 3.93. The van der Waals surface area contributed by atoms with Crippen LogP contribution in [0, 0.1) is 5.92 Å². The van der Waals surface area contributed by atoms with Crippen LogP contribution in [-0.4, -0.2) is 37.6 Å². The van der Waals surface area contributed by atoms with E-state index in [1.165, 1.54) is 30.8 Å². The standard InChI is InChI=1S/C13H22N2S/c1-11-10-15(2)8-6-13(11)14-7-5-12-4-3-9-16-12/h3-4,9,11,13-14H,5-8,10H2,1-2H3. The SMILES string of the molecule is CC1CN(C)CCC1NCCc1cccs1. The third-order valence-corrected chi connectivity index (χ3v) is 4.40. The van der Waals surface area contributed by atoms with Gasteiger partial charge in [-0.1, -0.05) is 13.0 Å². The Hall–Kier alpha value is -0.380. The summed E-state index contributed by atoms with van der Waals surface area (Å²) in [7, 11) is 2.22. The topological polar surface area (TPSA) is 15.3 Å². The third kappa shape index (κ3) is 3.30. The predicted molar refractivity (Wildman–Crippen MR) is 71.1 cm³/mol. The first-order valence-electron chi connectivity index (χ1n) is 6.20. The molecule has 1 N–H and O–H groups in total. The fourth-order valence-corrected chi connectivity index (χ4v) is 3.20. The molecule has 2 unspecified atom stereocenters. The minimum Gasteiger partial charge on any atom is -0.313 e. The molecule has 1 aliphatic rings. The molecule has 0 radical (unpaired) electrons. The molecule has 1 aromatic rings. The zero-order chi connectivity index (χ0) is 11.4. The number of piperidine rings is 1. The summed E-state index contributed by atoms with van der Waals surface area (Å²) in [6.07, 6.45) is 2.47. The van der Waals surface area contributed by atoms with Crippen molar-refractivity contribution < 1.29 is 0 Å². The van der Waals surface area contributed by atoms with Crippen LogP contribution < -0.4 is 5.32 Å². The molecule has 2 heterocycles. The molecule has 1 aliphatic heterocycles. The van der Waals surface area contributed by atoms with Crippen molar-refractivity contribution in [3.05, 3.63) is 22.4 Å². The van der Waals surface area contributed by atoms with E-state index >= 15 is 0 Å². The average Bonchev–Trinajstić information content (AvgIpc) is 2.74. The van der Waals surface area contributed by atoms with Crippen molar-refractivity contribution in [1.29, 1.82) is 0 Å². The maximum absolute atomic E-state index is 3.71. The number of thiophene rings is 1. The lowest BCUT2D eigenvalue weighted by Crippen LogP contribution is -2.47. The number of likely N-dealkylation sites (tertiary alicyclic amines) is 1. The molecule has 16 heavy (non-hydrogen) atoms. The molecule has 1 fully saturated rings. The van der Waals surface area contributed by atoms with Gasteiger partial charge in [0.05, 0.1) is 0 Å². The Labute approximate surface area is 103 Å². The second-order valence-electron chi connectivity index (χ2n) is 4.92. The van der Waals surface area contributed by atoms with Crippen LogP contribution in [0.3, 0.4) is 0 Å². The minimum atomic E-state index is 0.719. The summed E-state index contributed by atoms with van der Waals surface area (Å²) >= 11 is 1.86. The third-order valence-electron chi connectivity index (χ3n) is 3.47. The zero-order valence-electron chi connectivity index (χ0n) is 10.3. The molecule has 0 saturated carbocycles. The maximum Gasteiger partial charge on any atom is 0.0117 e. The summed E-state index contributed by atoms with van der Waals surface area (Å²) in [6, 6.07) is 5.08. The molecule has 2 nitrogen and oxygen atoms in total. The Morgan fingerprint density at radius 3 is 3.12 bits per heavy atom. The van der Waals surface area contributed by atoms with Crippen molar-refractivity contribution >= 4 is 11.3 Å². The summed E-state index contributed by atoms with van der Waals surface area (Å²) in [5.41, 5.74) is 0. The van der Waals surface area contributed by atoms with Gasteiger partial charge in [-0.2, -0.15) is 0 Å². The van der Waals surface area contributed by atoms with Crippen LogP contribution in [-0.2, 0) is 6.42 Å². The lowest BCUT2D eigenvalue weighted by Gasteiger charge is -2.35. The molecule has 2 rings (SSSR count). The van der Waals surface area contributed by atoms with Gasteiger partial charge in [0.15, 0.2) is 0 Å². The fourth-order valence-electron chi connectivity index (χ4n) is 2.49. The maximum atomic E-state index is 3.71. The molecular weight excluding hydrogens is 216 g/mol. The van der Waals surface area contributed by atoms with Gasteiger partial charge in [0.1, 0.15) is 0 Å². The van der Waals surface area contributed by atoms with Gasteiger partial charge in [-0.25, -0.2) is 0 Å². The smallest absolute Gasteiger partial charge is 0.0117 e. The zero-order valence-corrected chi connectivity index (χ0v) is 11.1. The highest BCUT2D eigenvalue weighted by atomic mass is 32.1. The normalized spacial score (nSPS) is 27.1. The number of nitrogens with one attached hydrogen (secondary N) is 1. The molecule has 0 aliphatic carbocycles. The number of nitrogens with zero attached hydrogens (tertiary/aromatic N) is 1. The van der Waals surface area contributed by atoms with Gasteiger partial charge in [-0.3, -0.25) is 0 Å². The molecule has 2 atom stereocenters. The van der Waals surface area contributed by atoms with Crippen molar-refractivity contribution in [3.63, 3.8) is 0 Å². The van der Waals surface area contributed by atoms with E-state index in [0.29, 0.717) is 0 Å². The van der Waals surface area contributed by atoms with E-state index in [4.69, 9.17) is 0 Å². The largest absolute Gasteiger partial charge is 0.313 e. The summed E-state index contributed by atoms with van der Waals surface area (Å²) < 4.78 is 0. The van der Waals surface area contributed by atoms with Gasteiger partial charge in [0.2, 0.25) is 0 Å². The average molecular weight is 238 g/mol. The highest BCUT2D eigenvalue weighted by Gasteiger charge is 2.23. The molecular formula is C13H22N2S. The first kappa shape index (κ1) is 12.1. The summed E-state index contributed by atoms with van der Waals surface area (Å²) in [6.45, 7) is 5.95. The number of hydrogen-bond acceptors (Lipinski definition) is 3. The lowest BCUT2D eigenvalue weighted by molar-refractivity contribution is 0.176. The van der Waals surface area contributed by atoms with Crippen LogP contribution in [0.1, 0.15) is 18.2 Å². The van der Waals surface area contributed by atoms with E-state index < -0.39 is 0 Å². The van der Waals surface area contributed by atoms with Crippen LogP contribution in [0.15, 0.2) is 17.5 Å². The number of hydrogen-bond donors (Lipinski definition) is 1. The van der Waals surface area contributed by atoms with E-state index in [-0.39, 0.29) is 0 Å². The van der Waals surface area contributed by atoms with Gasteiger partial charge < -0.3 is 10.2 Å². The first-order valence-corrected chi connectivity index (χ1v) is 7.08. The predicted octanol–water partition coefficient (Wildman–Crippen LogP) is 2.22. The van der Waals surface area contributed by atoms with E-state index in [0.717, 1.165) is 18.5 Å². The van der Waals surface area contributed by atoms with Gasteiger partial charge in [-0.15, -0.1) is 11.3 Å². The highest BCUT2D eigenvalue weighted by molar-refractivity contribution is 7.09. The molecule has 1 aromatic heterocycles. The van der Waals surface area contributed by atoms with Crippen molar-refractivity contribution in [2.24, 2.45) is 5.92 Å². The molecule has 0 amide bonds. The molecule has 0 aromatic carbocycles. The van der Waals surface area contributed by atoms with Gasteiger partial charge in [0.25, 0.3) is 0 Å². The Morgan fingerprint density at radius 2 is 2.44 bits per heavy atom. The Balaban J connectivity index is 1.69. The summed E-state index contributed by atoms with van der Waals surface area (Å²) in [5, 5.41) is 5.87. The van der Waals surface area contributed by atoms with Crippen LogP contribution in [0.4, 0.5) is 0 Å². The van der Waals surface area contributed by atoms with Gasteiger partial charge >= 0.3 is 0 Å². The second-order valence-corrected chi connectivity index (χ2v) is 5.95. The highest BCUT2D eigenvalue weighted by Crippen LogP contribution is 2.15. The monoisotopic (exact) mass is 238 g/mol. The summed E-state index contributed by atoms with van der Waals surface area (Å²) in [5.74, 6) is 0.780. The number of rotatable bonds is 4. The Bertz CT molecular complexity index is 297. The molecule has 0 bridgehead atoms. The van der Waals surface area contributed by atoms with Crippen LogP contribution >= 0.6 is 11.3 Å². The van der Waals surface area contributed by atoms with Crippen LogP contribution in [0.25, 0.3) is 0 Å². The fraction of sp³-hybridized carbons (Fsp3) is 0.692. The van der Waals surface area contributed by atoms with Gasteiger partial charge in [-0.05, 0) is 43.8 Å².